The van der Waals surface area contributed by atoms with Crippen LogP contribution in [-0.2, 0) is 0 Å². The molecule has 7 aromatic carbocycles. The van der Waals surface area contributed by atoms with Crippen molar-refractivity contribution in [3.63, 3.8) is 0 Å². The van der Waals surface area contributed by atoms with Crippen molar-refractivity contribution in [2.24, 2.45) is 0 Å². The topological polar surface area (TPSA) is 16.4 Å². The summed E-state index contributed by atoms with van der Waals surface area (Å²) in [5.41, 5.74) is 13.5. The molecule has 0 radical (unpaired) electrons. The van der Waals surface area contributed by atoms with E-state index in [9.17, 15) is 0 Å². The van der Waals surface area contributed by atoms with Crippen molar-refractivity contribution in [2.45, 2.75) is 6.92 Å². The molecule has 0 spiro atoms. The first-order valence-corrected chi connectivity index (χ1v) is 16.0. The Hall–Kier alpha value is -6.12. The molecule has 0 atom stereocenters. The highest BCUT2D eigenvalue weighted by molar-refractivity contribution is 5.89. The number of aryl methyl sites for hydroxylation is 1. The van der Waals surface area contributed by atoms with Crippen LogP contribution in [0.4, 0.5) is 17.1 Å². The second kappa shape index (κ2) is 12.3. The molecule has 0 saturated heterocycles. The molecule has 8 aromatic rings. The second-order valence-corrected chi connectivity index (χ2v) is 11.8. The Labute approximate surface area is 275 Å². The predicted octanol–water partition coefficient (Wildman–Crippen LogP) is 12.9. The van der Waals surface area contributed by atoms with E-state index in [4.69, 9.17) is 4.42 Å². The van der Waals surface area contributed by atoms with Gasteiger partial charge < -0.3 is 9.32 Å². The Morgan fingerprint density at radius 3 is 1.45 bits per heavy atom. The molecule has 0 aliphatic heterocycles. The van der Waals surface area contributed by atoms with Gasteiger partial charge in [-0.1, -0.05) is 133 Å². The number of hydrogen-bond donors (Lipinski definition) is 0. The molecule has 0 amide bonds. The van der Waals surface area contributed by atoms with E-state index in [0.29, 0.717) is 0 Å². The van der Waals surface area contributed by atoms with Crippen molar-refractivity contribution >= 4 is 28.0 Å². The van der Waals surface area contributed by atoms with E-state index in [2.05, 4.69) is 182 Å². The van der Waals surface area contributed by atoms with Gasteiger partial charge in [0.05, 0.1) is 0 Å². The van der Waals surface area contributed by atoms with Crippen LogP contribution in [0, 0.1) is 6.92 Å². The lowest BCUT2D eigenvalue weighted by Crippen LogP contribution is -2.10. The summed E-state index contributed by atoms with van der Waals surface area (Å²) in [5, 5.41) is 1.15. The lowest BCUT2D eigenvalue weighted by molar-refractivity contribution is 0.629. The highest BCUT2D eigenvalue weighted by Gasteiger charge is 2.17. The molecule has 8 rings (SSSR count). The smallest absolute Gasteiger partial charge is 0.138 e. The maximum absolute atomic E-state index is 6.38. The Bertz CT molecular complexity index is 2280. The fraction of sp³-hybridized carbons (Fsp3) is 0.0222. The van der Waals surface area contributed by atoms with E-state index in [1.807, 2.05) is 12.1 Å². The van der Waals surface area contributed by atoms with Gasteiger partial charge in [0.25, 0.3) is 0 Å². The summed E-state index contributed by atoms with van der Waals surface area (Å²) in [6, 6.07) is 64.4. The van der Waals surface area contributed by atoms with Crippen molar-refractivity contribution in [2.75, 3.05) is 4.90 Å². The summed E-state index contributed by atoms with van der Waals surface area (Å²) in [6.07, 6.45) is 0. The summed E-state index contributed by atoms with van der Waals surface area (Å²) in [7, 11) is 0. The van der Waals surface area contributed by atoms with E-state index in [1.54, 1.807) is 0 Å². The van der Waals surface area contributed by atoms with Gasteiger partial charge in [-0.25, -0.2) is 0 Å². The molecule has 2 heteroatoms. The van der Waals surface area contributed by atoms with Crippen molar-refractivity contribution < 1.29 is 4.42 Å². The van der Waals surface area contributed by atoms with Gasteiger partial charge in [0, 0.05) is 33.6 Å². The van der Waals surface area contributed by atoms with Gasteiger partial charge in [-0.15, -0.1) is 0 Å². The zero-order valence-electron chi connectivity index (χ0n) is 26.2. The third-order valence-electron chi connectivity index (χ3n) is 8.87. The molecule has 0 aliphatic carbocycles. The minimum absolute atomic E-state index is 0.904. The lowest BCUT2D eigenvalue weighted by Gasteiger charge is -2.26. The number of rotatable bonds is 7. The molecule has 2 nitrogen and oxygen atoms in total. The molecular weight excluding hydrogens is 571 g/mol. The first-order valence-electron chi connectivity index (χ1n) is 16.0. The van der Waals surface area contributed by atoms with Crippen LogP contribution in [0.15, 0.2) is 186 Å². The number of nitrogens with zero attached hydrogens (tertiary/aromatic N) is 1. The van der Waals surface area contributed by atoms with Gasteiger partial charge in [0.2, 0.25) is 0 Å². The minimum Gasteiger partial charge on any atom is -0.456 e. The summed E-state index contributed by atoms with van der Waals surface area (Å²) < 4.78 is 6.38. The van der Waals surface area contributed by atoms with Crippen LogP contribution in [0.5, 0.6) is 0 Å². The van der Waals surface area contributed by atoms with E-state index < -0.39 is 0 Å². The van der Waals surface area contributed by atoms with Crippen molar-refractivity contribution in [3.8, 4) is 44.7 Å². The average Bonchev–Trinajstić information content (AvgIpc) is 3.49. The molecule has 0 unspecified atom stereocenters. The molecule has 0 saturated carbocycles. The highest BCUT2D eigenvalue weighted by atomic mass is 16.3. The fourth-order valence-corrected chi connectivity index (χ4v) is 6.43. The zero-order chi connectivity index (χ0) is 31.6. The average molecular weight is 604 g/mol. The van der Waals surface area contributed by atoms with Crippen LogP contribution < -0.4 is 4.90 Å². The van der Waals surface area contributed by atoms with E-state index in [1.165, 1.54) is 33.4 Å². The summed E-state index contributed by atoms with van der Waals surface area (Å²) in [5.74, 6) is 0.904. The Kier molecular flexibility index (Phi) is 7.45. The molecule has 1 heterocycles. The summed E-state index contributed by atoms with van der Waals surface area (Å²) in [4.78, 5) is 2.32. The lowest BCUT2D eigenvalue weighted by atomic mass is 9.99. The number of benzene rings is 7. The van der Waals surface area contributed by atoms with Crippen LogP contribution in [0.3, 0.4) is 0 Å². The molecule has 0 bridgehead atoms. The van der Waals surface area contributed by atoms with Crippen LogP contribution in [0.25, 0.3) is 55.7 Å². The predicted molar refractivity (Wildman–Crippen MR) is 197 cm³/mol. The summed E-state index contributed by atoms with van der Waals surface area (Å²) >= 11 is 0. The highest BCUT2D eigenvalue weighted by Crippen LogP contribution is 2.40. The normalized spacial score (nSPS) is 11.1. The van der Waals surface area contributed by atoms with Crippen molar-refractivity contribution in [1.29, 1.82) is 0 Å². The fourth-order valence-electron chi connectivity index (χ4n) is 6.43. The molecule has 0 aliphatic rings. The third kappa shape index (κ3) is 5.62. The number of fused-ring (bicyclic) bond motifs is 1. The van der Waals surface area contributed by atoms with Gasteiger partial charge in [0.15, 0.2) is 0 Å². The molecule has 47 heavy (non-hydrogen) atoms. The first kappa shape index (κ1) is 28.4. The maximum Gasteiger partial charge on any atom is 0.138 e. The van der Waals surface area contributed by atoms with Gasteiger partial charge in [-0.3, -0.25) is 0 Å². The second-order valence-electron chi connectivity index (χ2n) is 11.8. The molecule has 0 N–H and O–H groups in total. The standard InChI is InChI=1S/C45H33NO/c1-32-43-20-8-9-21-44(43)47-45(32)39-18-11-19-42(31-39)46(40-26-22-35(23-27-40)33-12-4-2-5-13-33)41-28-24-36(25-29-41)38-17-10-16-37(30-38)34-14-6-3-7-15-34/h2-31H,1H3. The molecule has 1 aromatic heterocycles. The van der Waals surface area contributed by atoms with Crippen LogP contribution in [0.1, 0.15) is 5.56 Å². The van der Waals surface area contributed by atoms with Crippen LogP contribution in [0.2, 0.25) is 0 Å². The van der Waals surface area contributed by atoms with Crippen LogP contribution in [-0.4, -0.2) is 0 Å². The Balaban J connectivity index is 1.20. The van der Waals surface area contributed by atoms with E-state index in [0.717, 1.165) is 44.9 Å². The van der Waals surface area contributed by atoms with Crippen LogP contribution >= 0.6 is 0 Å². The third-order valence-corrected chi connectivity index (χ3v) is 8.87. The van der Waals surface area contributed by atoms with E-state index >= 15 is 0 Å². The van der Waals surface area contributed by atoms with E-state index in [-0.39, 0.29) is 0 Å². The number of hydrogen-bond acceptors (Lipinski definition) is 2. The Morgan fingerprint density at radius 2 is 0.830 bits per heavy atom. The largest absolute Gasteiger partial charge is 0.456 e. The Morgan fingerprint density at radius 1 is 0.362 bits per heavy atom. The monoisotopic (exact) mass is 603 g/mol. The van der Waals surface area contributed by atoms with Gasteiger partial charge >= 0.3 is 0 Å². The maximum atomic E-state index is 6.38. The molecule has 224 valence electrons. The van der Waals surface area contributed by atoms with Gasteiger partial charge in [0.1, 0.15) is 11.3 Å². The molecule has 0 fully saturated rings. The number of anilines is 3. The quantitative estimate of drug-likeness (QED) is 0.180. The SMILES string of the molecule is Cc1c(-c2cccc(N(c3ccc(-c4ccccc4)cc3)c3ccc(-c4cccc(-c5ccccc5)c4)cc3)c2)oc2ccccc12. The minimum atomic E-state index is 0.904. The van der Waals surface area contributed by atoms with Gasteiger partial charge in [-0.2, -0.15) is 0 Å². The zero-order valence-corrected chi connectivity index (χ0v) is 26.2. The molecular formula is C45H33NO. The van der Waals surface area contributed by atoms with Crippen molar-refractivity contribution in [1.82, 2.24) is 0 Å². The number of furan rings is 1. The van der Waals surface area contributed by atoms with Gasteiger partial charge in [-0.05, 0) is 88.8 Å². The van der Waals surface area contributed by atoms with Crippen molar-refractivity contribution in [3.05, 3.63) is 188 Å². The first-order chi connectivity index (χ1) is 23.2. The number of para-hydroxylation sites is 1. The summed E-state index contributed by atoms with van der Waals surface area (Å²) in [6.45, 7) is 2.14.